The molecule has 0 atom stereocenters. The van der Waals surface area contributed by atoms with Gasteiger partial charge >= 0.3 is 11.3 Å². The Hall–Kier alpha value is -2.29. The first-order valence-corrected chi connectivity index (χ1v) is 8.66. The van der Waals surface area contributed by atoms with Crippen LogP contribution in [0, 0.1) is 0 Å². The van der Waals surface area contributed by atoms with E-state index in [1.807, 2.05) is 0 Å². The number of rotatable bonds is 8. The molecule has 0 spiro atoms. The number of nitrogens with zero attached hydrogens (tertiary/aromatic N) is 3. The van der Waals surface area contributed by atoms with Crippen molar-refractivity contribution in [2.45, 2.75) is 58.0 Å². The van der Waals surface area contributed by atoms with Crippen LogP contribution in [0.4, 0.5) is 8.78 Å². The fourth-order valence-corrected chi connectivity index (χ4v) is 2.51. The monoisotopic (exact) mass is 401 g/mol. The molecule has 1 aromatic rings. The number of alkyl halides is 3. The van der Waals surface area contributed by atoms with E-state index in [4.69, 9.17) is 11.6 Å². The van der Waals surface area contributed by atoms with Crippen molar-refractivity contribution < 1.29 is 18.1 Å². The first kappa shape index (κ1) is 21.0. The van der Waals surface area contributed by atoms with Crippen LogP contribution in [0.5, 0.6) is 0 Å². The van der Waals surface area contributed by atoms with Crippen LogP contribution >= 0.6 is 11.6 Å². The van der Waals surface area contributed by atoms with Crippen molar-refractivity contribution in [3.05, 3.63) is 34.3 Å². The second-order valence-electron chi connectivity index (χ2n) is 6.89. The maximum atomic E-state index is 12.9. The number of hydrogen-bond acceptors (Lipinski definition) is 6. The van der Waals surface area contributed by atoms with Crippen LogP contribution < -0.4 is 10.6 Å². The summed E-state index contributed by atoms with van der Waals surface area (Å²) < 4.78 is 30.2. The lowest BCUT2D eigenvalue weighted by atomic mass is 10.0. The lowest BCUT2D eigenvalue weighted by Crippen LogP contribution is -2.30. The van der Waals surface area contributed by atoms with E-state index in [1.54, 1.807) is 20.8 Å². The summed E-state index contributed by atoms with van der Waals surface area (Å²) in [5.41, 5.74) is 1.78. The van der Waals surface area contributed by atoms with Gasteiger partial charge in [0, 0.05) is 16.7 Å². The summed E-state index contributed by atoms with van der Waals surface area (Å²) in [6.45, 7) is 10.8. The number of nitrogens with one attached hydrogen (secondary N) is 2. The van der Waals surface area contributed by atoms with Crippen molar-refractivity contribution in [3.8, 4) is 0 Å². The molecule has 0 unspecified atom stereocenters. The Bertz CT molecular complexity index is 802. The van der Waals surface area contributed by atoms with Gasteiger partial charge < -0.3 is 15.2 Å². The quantitative estimate of drug-likeness (QED) is 0.301. The topological polar surface area (TPSA) is 92.4 Å². The van der Waals surface area contributed by atoms with E-state index >= 15 is 0 Å². The van der Waals surface area contributed by atoms with Gasteiger partial charge in [0.1, 0.15) is 5.82 Å². The van der Waals surface area contributed by atoms with Crippen molar-refractivity contribution in [1.29, 1.82) is 0 Å². The van der Waals surface area contributed by atoms with E-state index in [0.29, 0.717) is 17.0 Å². The first-order valence-electron chi connectivity index (χ1n) is 8.28. The zero-order valence-corrected chi connectivity index (χ0v) is 16.4. The number of halogens is 3. The van der Waals surface area contributed by atoms with E-state index in [2.05, 4.69) is 43.9 Å². The van der Waals surface area contributed by atoms with Crippen molar-refractivity contribution >= 4 is 24.2 Å². The number of aromatic nitrogens is 2. The van der Waals surface area contributed by atoms with Gasteiger partial charge in [0.15, 0.2) is 5.82 Å². The number of carbonyl (C=O) groups excluding carboxylic acids is 1. The molecule has 1 aliphatic rings. The highest BCUT2D eigenvalue weighted by atomic mass is 35.5. The van der Waals surface area contributed by atoms with Crippen LogP contribution in [0.1, 0.15) is 52.3 Å². The summed E-state index contributed by atoms with van der Waals surface area (Å²) in [6, 6.07) is 0. The van der Waals surface area contributed by atoms with Crippen LogP contribution in [0.25, 0.3) is 0 Å². The largest absolute Gasteiger partial charge is 0.400 e. The van der Waals surface area contributed by atoms with E-state index in [-0.39, 0.29) is 17.9 Å². The van der Waals surface area contributed by atoms with E-state index < -0.39 is 17.2 Å². The Morgan fingerprint density at radius 1 is 1.41 bits per heavy atom. The second kappa shape index (κ2) is 7.75. The molecule has 1 fully saturated rings. The van der Waals surface area contributed by atoms with Crippen LogP contribution in [0.2, 0.25) is 0 Å². The summed E-state index contributed by atoms with van der Waals surface area (Å²) in [5, 5.41) is 5.51. The molecule has 0 bridgehead atoms. The smallest absolute Gasteiger partial charge is 0.365 e. The molecule has 0 aliphatic heterocycles. The SMILES string of the molecule is C=N/C(NC1(C)CC1)=C(\C)C(C(=O)NCc1noc(C(F)(F)Cl)n1)=C(C)C. The predicted octanol–water partition coefficient (Wildman–Crippen LogP) is 3.38. The zero-order valence-electron chi connectivity index (χ0n) is 15.6. The highest BCUT2D eigenvalue weighted by Gasteiger charge is 2.38. The molecule has 2 N–H and O–H groups in total. The molecular weight excluding hydrogens is 380 g/mol. The zero-order chi connectivity index (χ0) is 20.4. The number of allylic oxidation sites excluding steroid dienone is 1. The van der Waals surface area contributed by atoms with Crippen molar-refractivity contribution in [2.75, 3.05) is 0 Å². The maximum absolute atomic E-state index is 12.9. The Balaban J connectivity index is 2.14. The number of carbonyl (C=O) groups is 1. The van der Waals surface area contributed by atoms with Gasteiger partial charge in [-0.3, -0.25) is 4.79 Å². The maximum Gasteiger partial charge on any atom is 0.400 e. The van der Waals surface area contributed by atoms with Gasteiger partial charge in [-0.1, -0.05) is 10.7 Å². The van der Waals surface area contributed by atoms with Crippen LogP contribution in [0.3, 0.4) is 0 Å². The molecular formula is C17H22ClF2N5O2. The van der Waals surface area contributed by atoms with Gasteiger partial charge in [0.05, 0.1) is 6.54 Å². The summed E-state index contributed by atoms with van der Waals surface area (Å²) >= 11 is 4.82. The van der Waals surface area contributed by atoms with Gasteiger partial charge in [0.25, 0.3) is 5.91 Å². The highest BCUT2D eigenvalue weighted by molar-refractivity contribution is 6.21. The molecule has 7 nitrogen and oxygen atoms in total. The Morgan fingerprint density at radius 3 is 2.48 bits per heavy atom. The fourth-order valence-electron chi connectivity index (χ4n) is 2.43. The second-order valence-corrected chi connectivity index (χ2v) is 7.36. The third-order valence-corrected chi connectivity index (χ3v) is 4.31. The van der Waals surface area contributed by atoms with Gasteiger partial charge in [-0.15, -0.1) is 0 Å². The van der Waals surface area contributed by atoms with Crippen molar-refractivity contribution in [2.24, 2.45) is 4.99 Å². The minimum absolute atomic E-state index is 0.0329. The predicted molar refractivity (Wildman–Crippen MR) is 97.3 cm³/mol. The molecule has 1 amide bonds. The summed E-state index contributed by atoms with van der Waals surface area (Å²) in [7, 11) is 0. The van der Waals surface area contributed by atoms with Crippen LogP contribution in [-0.2, 0) is 16.7 Å². The van der Waals surface area contributed by atoms with E-state index in [1.165, 1.54) is 0 Å². The van der Waals surface area contributed by atoms with Gasteiger partial charge in [-0.2, -0.15) is 13.8 Å². The molecule has 0 radical (unpaired) electrons. The third kappa shape index (κ3) is 5.35. The minimum atomic E-state index is -3.76. The van der Waals surface area contributed by atoms with Crippen LogP contribution in [0.15, 0.2) is 32.1 Å². The molecule has 27 heavy (non-hydrogen) atoms. The highest BCUT2D eigenvalue weighted by Crippen LogP contribution is 2.36. The average Bonchev–Trinajstić information content (AvgIpc) is 3.09. The van der Waals surface area contributed by atoms with E-state index in [0.717, 1.165) is 18.4 Å². The Kier molecular flexibility index (Phi) is 6.04. The molecule has 148 valence electrons. The summed E-state index contributed by atoms with van der Waals surface area (Å²) in [5.74, 6) is -1.02. The molecule has 1 saturated carbocycles. The van der Waals surface area contributed by atoms with Crippen molar-refractivity contribution in [3.63, 3.8) is 0 Å². The lowest BCUT2D eigenvalue weighted by molar-refractivity contribution is -0.117. The molecule has 10 heteroatoms. The van der Waals surface area contributed by atoms with Crippen LogP contribution in [-0.4, -0.2) is 28.3 Å². The van der Waals surface area contributed by atoms with E-state index in [9.17, 15) is 13.6 Å². The molecule has 0 saturated heterocycles. The Morgan fingerprint density at radius 2 is 2.04 bits per heavy atom. The van der Waals surface area contributed by atoms with Crippen molar-refractivity contribution in [1.82, 2.24) is 20.8 Å². The summed E-state index contributed by atoms with van der Waals surface area (Å²) in [6.07, 6.45) is 2.03. The number of amides is 1. The van der Waals surface area contributed by atoms with Gasteiger partial charge in [-0.25, -0.2) is 4.99 Å². The standard InChI is InChI=1S/C17H22ClF2N5O2/c1-9(2)12(10(3)13(21-5)24-16(4)6-7-16)14(26)22-8-11-23-15(27-25-11)17(18,19)20/h24H,5-8H2,1-4H3,(H,22,26)/b13-10-. The molecule has 2 rings (SSSR count). The third-order valence-electron chi connectivity index (χ3n) is 4.15. The minimum Gasteiger partial charge on any atom is -0.365 e. The average molecular weight is 402 g/mol. The molecule has 1 aromatic heterocycles. The van der Waals surface area contributed by atoms with Gasteiger partial charge in [0.2, 0.25) is 0 Å². The molecule has 1 heterocycles. The summed E-state index contributed by atoms with van der Waals surface area (Å²) in [4.78, 5) is 20.1. The lowest BCUT2D eigenvalue weighted by Gasteiger charge is -2.18. The number of aliphatic imine (C=N–C) groups is 1. The Labute approximate surface area is 160 Å². The first-order chi connectivity index (χ1) is 12.5. The fraction of sp³-hybridized carbons (Fsp3) is 0.529. The normalized spacial score (nSPS) is 16.3. The number of hydrogen-bond donors (Lipinski definition) is 2. The van der Waals surface area contributed by atoms with Gasteiger partial charge in [-0.05, 0) is 58.9 Å². The molecule has 0 aromatic carbocycles. The molecule has 1 aliphatic carbocycles.